The van der Waals surface area contributed by atoms with Crippen molar-refractivity contribution in [2.75, 3.05) is 7.11 Å². The van der Waals surface area contributed by atoms with Crippen LogP contribution < -0.4 is 0 Å². The molecule has 0 saturated heterocycles. The zero-order chi connectivity index (χ0) is 16.0. The maximum atomic E-state index is 11.7. The molecule has 0 heterocycles. The van der Waals surface area contributed by atoms with E-state index in [-0.39, 0.29) is 25.7 Å². The molecular formula is C13H22O5. The van der Waals surface area contributed by atoms with E-state index in [4.69, 9.17) is 7.48 Å². The highest BCUT2D eigenvalue weighted by molar-refractivity contribution is 5.83. The maximum Gasteiger partial charge on any atom is 0.306 e. The Morgan fingerprint density at radius 2 is 1.67 bits per heavy atom. The molecule has 0 aromatic carbocycles. The molecule has 0 aromatic heterocycles. The predicted octanol–water partition coefficient (Wildman–Crippen LogP) is 2.02. The van der Waals surface area contributed by atoms with E-state index in [1.54, 1.807) is 20.8 Å². The molecule has 0 unspecified atom stereocenters. The van der Waals surface area contributed by atoms with Crippen molar-refractivity contribution in [3.63, 3.8) is 0 Å². The Kier molecular flexibility index (Phi) is 5.69. The Hall–Kier alpha value is -1.39. The van der Waals surface area contributed by atoms with Crippen LogP contribution in [-0.4, -0.2) is 30.4 Å². The van der Waals surface area contributed by atoms with Gasteiger partial charge in [0.2, 0.25) is 0 Å². The van der Waals surface area contributed by atoms with E-state index in [1.165, 1.54) is 7.11 Å². The molecule has 0 bridgehead atoms. The van der Waals surface area contributed by atoms with Crippen LogP contribution in [-0.2, 0) is 23.9 Å². The Labute approximate surface area is 111 Å². The largest absolute Gasteiger partial charge is 0.469 e. The first-order chi connectivity index (χ1) is 8.98. The van der Waals surface area contributed by atoms with Crippen molar-refractivity contribution in [1.29, 1.82) is 0 Å². The molecule has 0 N–H and O–H groups in total. The van der Waals surface area contributed by atoms with Gasteiger partial charge in [-0.2, -0.15) is 0 Å². The van der Waals surface area contributed by atoms with Gasteiger partial charge in [0.15, 0.2) is 0 Å². The van der Waals surface area contributed by atoms with E-state index < -0.39 is 29.7 Å². The molecule has 0 aromatic rings. The molecule has 0 aliphatic heterocycles. The van der Waals surface area contributed by atoms with Gasteiger partial charge in [0.05, 0.1) is 13.5 Å². The number of ketones is 1. The zero-order valence-corrected chi connectivity index (χ0v) is 11.4. The molecule has 0 rings (SSSR count). The summed E-state index contributed by atoms with van der Waals surface area (Å²) in [5.41, 5.74) is -0.635. The molecule has 0 amide bonds. The fraction of sp³-hybridized carbons (Fsp3) is 0.769. The van der Waals surface area contributed by atoms with Crippen molar-refractivity contribution < 1.29 is 26.6 Å². The summed E-state index contributed by atoms with van der Waals surface area (Å²) < 4.78 is 24.6. The third kappa shape index (κ3) is 9.81. The van der Waals surface area contributed by atoms with Gasteiger partial charge in [0.25, 0.3) is 0 Å². The summed E-state index contributed by atoms with van der Waals surface area (Å²) in [6, 6.07) is 0. The monoisotopic (exact) mass is 260 g/mol. The number of ether oxygens (including phenoxy) is 2. The average Bonchev–Trinajstić information content (AvgIpc) is 2.30. The molecule has 0 fully saturated rings. The number of Topliss-reactive ketones (excluding diaryl/α,β-unsaturated/α-hetero) is 1. The molecule has 0 saturated carbocycles. The normalized spacial score (nSPS) is 13.3. The second-order valence-electron chi connectivity index (χ2n) is 4.76. The lowest BCUT2D eigenvalue weighted by atomic mass is 10.1. The topological polar surface area (TPSA) is 69.7 Å². The SMILES string of the molecule is [2H]C([2H])(CCC(=O)OC)C(=O)CCC(=O)OC(C)(C)C. The highest BCUT2D eigenvalue weighted by Gasteiger charge is 2.17. The van der Waals surface area contributed by atoms with E-state index in [0.29, 0.717) is 0 Å². The number of hydrogen-bond donors (Lipinski definition) is 0. The summed E-state index contributed by atoms with van der Waals surface area (Å²) in [6.45, 7) is 5.13. The van der Waals surface area contributed by atoms with Crippen LogP contribution in [0, 0.1) is 0 Å². The predicted molar refractivity (Wildman–Crippen MR) is 66.0 cm³/mol. The second-order valence-corrected chi connectivity index (χ2v) is 4.76. The van der Waals surface area contributed by atoms with Crippen molar-refractivity contribution in [3.8, 4) is 0 Å². The van der Waals surface area contributed by atoms with Crippen molar-refractivity contribution in [2.24, 2.45) is 0 Å². The lowest BCUT2D eigenvalue weighted by molar-refractivity contribution is -0.155. The van der Waals surface area contributed by atoms with Gasteiger partial charge in [-0.3, -0.25) is 14.4 Å². The minimum Gasteiger partial charge on any atom is -0.469 e. The fourth-order valence-corrected chi connectivity index (χ4v) is 1.10. The Morgan fingerprint density at radius 3 is 2.17 bits per heavy atom. The van der Waals surface area contributed by atoms with Crippen molar-refractivity contribution >= 4 is 17.7 Å². The molecule has 5 nitrogen and oxygen atoms in total. The van der Waals surface area contributed by atoms with Gasteiger partial charge in [-0.25, -0.2) is 0 Å². The number of carbonyl (C=O) groups excluding carboxylic acids is 3. The molecule has 0 aliphatic rings. The Bertz CT molecular complexity index is 371. The summed E-state index contributed by atoms with van der Waals surface area (Å²) in [5, 5.41) is 0. The number of hydrogen-bond acceptors (Lipinski definition) is 5. The summed E-state index contributed by atoms with van der Waals surface area (Å²) >= 11 is 0. The summed E-state index contributed by atoms with van der Waals surface area (Å²) in [6.07, 6.45) is -3.00. The number of rotatable bonds is 7. The maximum absolute atomic E-state index is 11.7. The van der Waals surface area contributed by atoms with Crippen LogP contribution in [0.5, 0.6) is 0 Å². The van der Waals surface area contributed by atoms with Gasteiger partial charge in [0, 0.05) is 22.0 Å². The lowest BCUT2D eigenvalue weighted by Gasteiger charge is -2.19. The molecule has 5 heteroatoms. The molecule has 18 heavy (non-hydrogen) atoms. The number of carbonyl (C=O) groups is 3. The average molecular weight is 260 g/mol. The number of methoxy groups -OCH3 is 1. The molecule has 0 spiro atoms. The fourth-order valence-electron chi connectivity index (χ4n) is 1.10. The Balaban J connectivity index is 4.25. The first kappa shape index (κ1) is 13.1. The molecular weight excluding hydrogens is 236 g/mol. The van der Waals surface area contributed by atoms with Crippen LogP contribution in [0.4, 0.5) is 0 Å². The second kappa shape index (κ2) is 7.84. The quantitative estimate of drug-likeness (QED) is 0.655. The lowest BCUT2D eigenvalue weighted by Crippen LogP contribution is -2.24. The zero-order valence-electron chi connectivity index (χ0n) is 13.4. The van der Waals surface area contributed by atoms with Gasteiger partial charge < -0.3 is 9.47 Å². The van der Waals surface area contributed by atoms with Gasteiger partial charge in [-0.05, 0) is 27.2 Å². The first-order valence-electron chi connectivity index (χ1n) is 6.80. The van der Waals surface area contributed by atoms with Crippen LogP contribution in [0.1, 0.15) is 55.6 Å². The van der Waals surface area contributed by atoms with Gasteiger partial charge >= 0.3 is 11.9 Å². The molecule has 104 valence electrons. The summed E-state index contributed by atoms with van der Waals surface area (Å²) in [5.74, 6) is -1.84. The standard InChI is InChI=1S/C13H22O5/c1-13(2,3)18-12(16)9-8-10(14)6-5-7-11(15)17-4/h5-9H2,1-4H3/i6D2. The van der Waals surface area contributed by atoms with Gasteiger partial charge in [0.1, 0.15) is 11.4 Å². The third-order valence-corrected chi connectivity index (χ3v) is 1.86. The Morgan fingerprint density at radius 1 is 1.06 bits per heavy atom. The minimum atomic E-state index is -2.14. The van der Waals surface area contributed by atoms with Crippen LogP contribution in [0.2, 0.25) is 0 Å². The highest BCUT2D eigenvalue weighted by Crippen LogP contribution is 2.10. The number of esters is 2. The van der Waals surface area contributed by atoms with E-state index in [0.717, 1.165) is 0 Å². The third-order valence-electron chi connectivity index (χ3n) is 1.86. The van der Waals surface area contributed by atoms with Crippen molar-refractivity contribution in [3.05, 3.63) is 0 Å². The highest BCUT2D eigenvalue weighted by atomic mass is 16.6. The smallest absolute Gasteiger partial charge is 0.306 e. The molecule has 0 radical (unpaired) electrons. The van der Waals surface area contributed by atoms with Crippen LogP contribution >= 0.6 is 0 Å². The molecule has 0 atom stereocenters. The first-order valence-corrected chi connectivity index (χ1v) is 5.80. The van der Waals surface area contributed by atoms with Crippen molar-refractivity contribution in [1.82, 2.24) is 0 Å². The van der Waals surface area contributed by atoms with E-state index in [9.17, 15) is 14.4 Å². The van der Waals surface area contributed by atoms with Crippen LogP contribution in [0.25, 0.3) is 0 Å². The van der Waals surface area contributed by atoms with Crippen LogP contribution in [0.3, 0.4) is 0 Å². The van der Waals surface area contributed by atoms with E-state index >= 15 is 0 Å². The minimum absolute atomic E-state index is 0.173. The van der Waals surface area contributed by atoms with Gasteiger partial charge in [-0.1, -0.05) is 0 Å². The summed E-state index contributed by atoms with van der Waals surface area (Å²) in [4.78, 5) is 34.1. The van der Waals surface area contributed by atoms with E-state index in [2.05, 4.69) is 4.74 Å². The van der Waals surface area contributed by atoms with Gasteiger partial charge in [-0.15, -0.1) is 0 Å². The summed E-state index contributed by atoms with van der Waals surface area (Å²) in [7, 11) is 1.20. The van der Waals surface area contributed by atoms with Crippen LogP contribution in [0.15, 0.2) is 0 Å². The van der Waals surface area contributed by atoms with Crippen molar-refractivity contribution in [2.45, 2.75) is 58.4 Å². The van der Waals surface area contributed by atoms with E-state index in [1.807, 2.05) is 0 Å². The molecule has 0 aliphatic carbocycles.